The molecule has 0 unspecified atom stereocenters. The van der Waals surface area contributed by atoms with Crippen molar-refractivity contribution in [1.29, 1.82) is 0 Å². The number of ether oxygens (including phenoxy) is 3. The maximum Gasteiger partial charge on any atom is 0.573 e. The molecule has 3 rings (SSSR count). The maximum absolute atomic E-state index is 13.8. The molecule has 0 bridgehead atoms. The Balaban J connectivity index is 1.89. The number of nitrogens with zero attached hydrogens (tertiary/aromatic N) is 6. The van der Waals surface area contributed by atoms with Crippen LogP contribution < -0.4 is 20.4 Å². The lowest BCUT2D eigenvalue weighted by molar-refractivity contribution is -0.274. The van der Waals surface area contributed by atoms with Gasteiger partial charge in [0.1, 0.15) is 11.6 Å². The Kier molecular flexibility index (Phi) is 12.8. The van der Waals surface area contributed by atoms with Crippen LogP contribution in [0.5, 0.6) is 5.75 Å². The van der Waals surface area contributed by atoms with Gasteiger partial charge in [-0.1, -0.05) is 0 Å². The summed E-state index contributed by atoms with van der Waals surface area (Å²) in [4.78, 5) is 18.2. The van der Waals surface area contributed by atoms with E-state index in [9.17, 15) is 30.7 Å². The second-order valence-electron chi connectivity index (χ2n) is 8.83. The molecule has 0 radical (unpaired) electrons. The smallest absolute Gasteiger partial charge is 0.406 e. The summed E-state index contributed by atoms with van der Waals surface area (Å²) in [5.41, 5.74) is 1.32. The summed E-state index contributed by atoms with van der Waals surface area (Å²) in [6.45, 7) is 7.44. The SMILES string of the molecule is C=NCCOCCN(CCOCC)c1nc(N/N=C/c2ccc(OC(F)(F)F)cc2)nc(Nc2ccc(F)c(C(F)(F)F)c2)n1. The molecule has 244 valence electrons. The van der Waals surface area contributed by atoms with Crippen LogP contribution in [0.3, 0.4) is 0 Å². The van der Waals surface area contributed by atoms with Crippen molar-refractivity contribution in [2.24, 2.45) is 10.1 Å². The third kappa shape index (κ3) is 12.1. The second kappa shape index (κ2) is 16.5. The quantitative estimate of drug-likeness (QED) is 0.0827. The molecule has 2 aromatic carbocycles. The number of benzene rings is 2. The molecular weight excluding hydrogens is 617 g/mol. The van der Waals surface area contributed by atoms with E-state index in [1.54, 1.807) is 4.90 Å². The fourth-order valence-electron chi connectivity index (χ4n) is 3.52. The number of aliphatic imine (C=N–C) groups is 1. The third-order valence-electron chi connectivity index (χ3n) is 5.54. The molecule has 2 N–H and O–H groups in total. The van der Waals surface area contributed by atoms with Gasteiger partial charge < -0.3 is 24.4 Å². The van der Waals surface area contributed by atoms with E-state index in [4.69, 9.17) is 9.47 Å². The van der Waals surface area contributed by atoms with Gasteiger partial charge in [-0.2, -0.15) is 33.2 Å². The van der Waals surface area contributed by atoms with Crippen LogP contribution in [-0.2, 0) is 15.7 Å². The number of aromatic nitrogens is 3. The highest BCUT2D eigenvalue weighted by molar-refractivity contribution is 5.80. The van der Waals surface area contributed by atoms with E-state index >= 15 is 0 Å². The van der Waals surface area contributed by atoms with Gasteiger partial charge in [-0.15, -0.1) is 13.2 Å². The van der Waals surface area contributed by atoms with Gasteiger partial charge in [0.05, 0.1) is 38.1 Å². The molecule has 11 nitrogen and oxygen atoms in total. The minimum absolute atomic E-state index is 0.0714. The molecule has 1 heterocycles. The molecule has 0 aliphatic rings. The summed E-state index contributed by atoms with van der Waals surface area (Å²) in [5.74, 6) is -2.15. The number of hydrogen-bond donors (Lipinski definition) is 2. The van der Waals surface area contributed by atoms with Crippen LogP contribution in [0.1, 0.15) is 18.1 Å². The maximum atomic E-state index is 13.8. The number of alkyl halides is 6. The van der Waals surface area contributed by atoms with Crippen LogP contribution in [0, 0.1) is 5.82 Å². The van der Waals surface area contributed by atoms with E-state index in [1.807, 2.05) is 6.92 Å². The first-order valence-corrected chi connectivity index (χ1v) is 13.3. The summed E-state index contributed by atoms with van der Waals surface area (Å²) < 4.78 is 106. The minimum Gasteiger partial charge on any atom is -0.406 e. The average molecular weight is 647 g/mol. The largest absolute Gasteiger partial charge is 0.573 e. The fourth-order valence-corrected chi connectivity index (χ4v) is 3.52. The molecule has 0 saturated heterocycles. The fraction of sp³-hybridized carbons (Fsp3) is 0.370. The minimum atomic E-state index is -4.94. The van der Waals surface area contributed by atoms with Crippen molar-refractivity contribution in [2.45, 2.75) is 19.5 Å². The van der Waals surface area contributed by atoms with E-state index in [-0.39, 0.29) is 43.3 Å². The van der Waals surface area contributed by atoms with Crippen molar-refractivity contribution in [2.75, 3.05) is 61.7 Å². The molecule has 0 spiro atoms. The number of nitrogens with one attached hydrogen (secondary N) is 2. The first kappa shape index (κ1) is 34.9. The summed E-state index contributed by atoms with van der Waals surface area (Å²) in [5, 5.41) is 6.62. The molecule has 18 heteroatoms. The molecule has 0 atom stereocenters. The molecule has 0 amide bonds. The summed E-state index contributed by atoms with van der Waals surface area (Å²) in [6, 6.07) is 7.15. The van der Waals surface area contributed by atoms with Crippen molar-refractivity contribution in [3.63, 3.8) is 0 Å². The summed E-state index contributed by atoms with van der Waals surface area (Å²) in [6.07, 6.45) is -8.52. The van der Waals surface area contributed by atoms with E-state index in [0.717, 1.165) is 18.2 Å². The predicted octanol–water partition coefficient (Wildman–Crippen LogP) is 5.68. The Morgan fingerprint density at radius 2 is 1.60 bits per heavy atom. The Hall–Kier alpha value is -4.58. The highest BCUT2D eigenvalue weighted by atomic mass is 19.4. The Bertz CT molecular complexity index is 1410. The topological polar surface area (TPSA) is 118 Å². The van der Waals surface area contributed by atoms with E-state index in [1.165, 1.54) is 18.3 Å². The molecule has 3 aromatic rings. The van der Waals surface area contributed by atoms with Crippen molar-refractivity contribution in [1.82, 2.24) is 15.0 Å². The van der Waals surface area contributed by atoms with Gasteiger partial charge in [-0.25, -0.2) is 9.82 Å². The van der Waals surface area contributed by atoms with Crippen LogP contribution >= 0.6 is 0 Å². The average Bonchev–Trinajstić information content (AvgIpc) is 2.96. The lowest BCUT2D eigenvalue weighted by atomic mass is 10.2. The van der Waals surface area contributed by atoms with Gasteiger partial charge in [-0.3, -0.25) is 4.99 Å². The standard InChI is InChI=1S/C27H29F7N8O3/c1-3-43-14-11-42(12-15-44-13-10-35-2)25-39-23(37-19-6-9-22(28)21(16-19)26(29,30)31)38-24(40-25)41-36-17-18-4-7-20(8-5-18)45-27(32,33)34/h4-9,16-17H,2-3,10-15H2,1H3,(H2,37,38,39,40,41)/b36-17+. The Morgan fingerprint density at radius 3 is 2.24 bits per heavy atom. The van der Waals surface area contributed by atoms with Gasteiger partial charge in [0.15, 0.2) is 0 Å². The molecule has 0 fully saturated rings. The van der Waals surface area contributed by atoms with Crippen LogP contribution in [0.15, 0.2) is 52.6 Å². The van der Waals surface area contributed by atoms with Crippen molar-refractivity contribution < 1.29 is 44.9 Å². The third-order valence-corrected chi connectivity index (χ3v) is 5.54. The Labute approximate surface area is 253 Å². The highest BCUT2D eigenvalue weighted by Gasteiger charge is 2.34. The molecule has 0 saturated carbocycles. The first-order valence-electron chi connectivity index (χ1n) is 13.3. The molecular formula is C27H29F7N8O3. The van der Waals surface area contributed by atoms with Gasteiger partial charge in [0.25, 0.3) is 0 Å². The normalized spacial score (nSPS) is 11.9. The van der Waals surface area contributed by atoms with Gasteiger partial charge >= 0.3 is 12.5 Å². The van der Waals surface area contributed by atoms with E-state index < -0.39 is 29.7 Å². The molecule has 1 aromatic heterocycles. The first-order chi connectivity index (χ1) is 21.4. The zero-order chi connectivity index (χ0) is 32.9. The van der Waals surface area contributed by atoms with Crippen molar-refractivity contribution in [3.05, 3.63) is 59.4 Å². The van der Waals surface area contributed by atoms with Crippen molar-refractivity contribution in [3.8, 4) is 5.75 Å². The van der Waals surface area contributed by atoms with Gasteiger partial charge in [0, 0.05) is 25.4 Å². The lowest BCUT2D eigenvalue weighted by Crippen LogP contribution is -2.33. The van der Waals surface area contributed by atoms with Crippen LogP contribution in [-0.4, -0.2) is 80.3 Å². The van der Waals surface area contributed by atoms with Gasteiger partial charge in [0.2, 0.25) is 17.8 Å². The number of anilines is 4. The van der Waals surface area contributed by atoms with Crippen LogP contribution in [0.4, 0.5) is 54.3 Å². The van der Waals surface area contributed by atoms with Gasteiger partial charge in [-0.05, 0) is 61.7 Å². The summed E-state index contributed by atoms with van der Waals surface area (Å²) >= 11 is 0. The van der Waals surface area contributed by atoms with E-state index in [0.29, 0.717) is 44.0 Å². The number of rotatable bonds is 17. The number of halogens is 7. The molecule has 45 heavy (non-hydrogen) atoms. The van der Waals surface area contributed by atoms with Crippen LogP contribution in [0.2, 0.25) is 0 Å². The Morgan fingerprint density at radius 1 is 0.911 bits per heavy atom. The highest BCUT2D eigenvalue weighted by Crippen LogP contribution is 2.33. The zero-order valence-electron chi connectivity index (χ0n) is 23.8. The molecule has 0 aliphatic heterocycles. The van der Waals surface area contributed by atoms with Crippen molar-refractivity contribution >= 4 is 36.5 Å². The number of hydrazone groups is 1. The lowest BCUT2D eigenvalue weighted by Gasteiger charge is -2.23. The van der Waals surface area contributed by atoms with E-state index in [2.05, 4.69) is 47.2 Å². The second-order valence-corrected chi connectivity index (χ2v) is 8.83. The summed E-state index contributed by atoms with van der Waals surface area (Å²) in [7, 11) is 0. The zero-order valence-corrected chi connectivity index (χ0v) is 23.8. The monoisotopic (exact) mass is 646 g/mol. The molecule has 0 aliphatic carbocycles. The van der Waals surface area contributed by atoms with Crippen LogP contribution in [0.25, 0.3) is 0 Å². The predicted molar refractivity (Wildman–Crippen MR) is 153 cm³/mol. The number of hydrogen-bond acceptors (Lipinski definition) is 11.